The minimum absolute atomic E-state index is 0.0176. The predicted octanol–water partition coefficient (Wildman–Crippen LogP) is 4.33. The Morgan fingerprint density at radius 1 is 1.22 bits per heavy atom. The van der Waals surface area contributed by atoms with Crippen LogP contribution in [-0.4, -0.2) is 43.6 Å². The van der Waals surface area contributed by atoms with E-state index < -0.39 is 5.97 Å². The second kappa shape index (κ2) is 8.79. The monoisotopic (exact) mass is 460 g/mol. The van der Waals surface area contributed by atoms with Crippen LogP contribution in [0, 0.1) is 0 Å². The Bertz CT molecular complexity index is 1090. The molecule has 1 fully saturated rings. The van der Waals surface area contributed by atoms with Crippen molar-refractivity contribution in [3.05, 3.63) is 50.8 Å². The number of piperidine rings is 1. The van der Waals surface area contributed by atoms with Crippen molar-refractivity contribution in [1.29, 1.82) is 0 Å². The van der Waals surface area contributed by atoms with Crippen LogP contribution in [0.1, 0.15) is 61.5 Å². The summed E-state index contributed by atoms with van der Waals surface area (Å²) in [6.45, 7) is 5.49. The lowest BCUT2D eigenvalue weighted by Crippen LogP contribution is -2.57. The van der Waals surface area contributed by atoms with E-state index in [2.05, 4.69) is 18.9 Å². The standard InChI is InChI=1S/C24H29ClN2O5/c1-24(2)8-5-7-19-16-12-22(32-10-6-9-30-3)18(25)11-15(16)20-13-21(28)17(23(29)31-4)14-26(20)27(19)24/h11-14,19H,5-10H2,1-4H3. The summed E-state index contributed by atoms with van der Waals surface area (Å²) >= 11 is 6.58. The van der Waals surface area contributed by atoms with Crippen LogP contribution in [0.2, 0.25) is 5.02 Å². The second-order valence-electron chi connectivity index (χ2n) is 8.90. The van der Waals surface area contributed by atoms with E-state index in [1.165, 1.54) is 13.2 Å². The smallest absolute Gasteiger partial charge is 0.343 e. The third kappa shape index (κ3) is 3.88. The molecule has 7 nitrogen and oxygen atoms in total. The van der Waals surface area contributed by atoms with Gasteiger partial charge in [0.2, 0.25) is 0 Å². The van der Waals surface area contributed by atoms with Gasteiger partial charge in [-0.15, -0.1) is 0 Å². The largest absolute Gasteiger partial charge is 0.492 e. The molecule has 1 unspecified atom stereocenters. The fourth-order valence-electron chi connectivity index (χ4n) is 4.84. The van der Waals surface area contributed by atoms with Gasteiger partial charge in [-0.3, -0.25) is 14.5 Å². The summed E-state index contributed by atoms with van der Waals surface area (Å²) in [6, 6.07) is 5.44. The molecule has 3 heterocycles. The van der Waals surface area contributed by atoms with E-state index in [1.807, 2.05) is 16.8 Å². The van der Waals surface area contributed by atoms with Crippen LogP contribution in [0.15, 0.2) is 29.2 Å². The normalized spacial score (nSPS) is 18.4. The SMILES string of the molecule is COCCCOc1cc2c(cc1Cl)-c1cc(=O)c(C(=O)OC)cn1N1C2CCCC1(C)C. The zero-order valence-corrected chi connectivity index (χ0v) is 19.7. The number of rotatable bonds is 6. The Morgan fingerprint density at radius 2 is 2.00 bits per heavy atom. The molecular formula is C24H29ClN2O5. The molecule has 1 aromatic carbocycles. The zero-order valence-electron chi connectivity index (χ0n) is 18.9. The summed E-state index contributed by atoms with van der Waals surface area (Å²) in [4.78, 5) is 25.0. The highest BCUT2D eigenvalue weighted by Gasteiger charge is 2.42. The van der Waals surface area contributed by atoms with Crippen molar-refractivity contribution < 1.29 is 19.0 Å². The number of pyridine rings is 1. The highest BCUT2D eigenvalue weighted by molar-refractivity contribution is 6.32. The summed E-state index contributed by atoms with van der Waals surface area (Å²) in [5.41, 5.74) is 2.12. The van der Waals surface area contributed by atoms with Gasteiger partial charge in [0.1, 0.15) is 11.3 Å². The summed E-state index contributed by atoms with van der Waals surface area (Å²) in [6.07, 6.45) is 5.38. The maximum Gasteiger partial charge on any atom is 0.343 e. The number of carbonyl (C=O) groups excluding carboxylic acids is 1. The van der Waals surface area contributed by atoms with Crippen molar-refractivity contribution in [3.63, 3.8) is 0 Å². The first-order valence-corrected chi connectivity index (χ1v) is 11.3. The first-order chi connectivity index (χ1) is 15.3. The molecule has 2 aliphatic heterocycles. The topological polar surface area (TPSA) is 70.0 Å². The molecule has 0 amide bonds. The van der Waals surface area contributed by atoms with E-state index in [0.29, 0.717) is 29.7 Å². The van der Waals surface area contributed by atoms with E-state index >= 15 is 0 Å². The Balaban J connectivity index is 1.88. The molecule has 0 spiro atoms. The Hall–Kier alpha value is -2.51. The van der Waals surface area contributed by atoms with Crippen molar-refractivity contribution in [3.8, 4) is 17.0 Å². The lowest BCUT2D eigenvalue weighted by atomic mass is 9.82. The number of benzene rings is 1. The van der Waals surface area contributed by atoms with Gasteiger partial charge >= 0.3 is 5.97 Å². The number of carbonyl (C=O) groups is 1. The minimum atomic E-state index is -0.639. The van der Waals surface area contributed by atoms with Gasteiger partial charge in [0.25, 0.3) is 0 Å². The molecule has 172 valence electrons. The molecule has 1 saturated heterocycles. The van der Waals surface area contributed by atoms with Crippen LogP contribution in [0.3, 0.4) is 0 Å². The van der Waals surface area contributed by atoms with E-state index in [-0.39, 0.29) is 22.6 Å². The number of fused-ring (bicyclic) bond motifs is 6. The lowest BCUT2D eigenvalue weighted by Gasteiger charge is -2.53. The summed E-state index contributed by atoms with van der Waals surface area (Å²) < 4.78 is 17.8. The van der Waals surface area contributed by atoms with Gasteiger partial charge < -0.3 is 14.2 Å². The molecule has 0 radical (unpaired) electrons. The first kappa shape index (κ1) is 22.7. The quantitative estimate of drug-likeness (QED) is 0.472. The number of nitrogens with zero attached hydrogens (tertiary/aromatic N) is 2. The zero-order chi connectivity index (χ0) is 23.0. The Labute approximate surface area is 192 Å². The van der Waals surface area contributed by atoms with Gasteiger partial charge in [-0.25, -0.2) is 4.79 Å². The lowest BCUT2D eigenvalue weighted by molar-refractivity contribution is 0.0597. The van der Waals surface area contributed by atoms with Crippen molar-refractivity contribution >= 4 is 17.6 Å². The average molecular weight is 461 g/mol. The summed E-state index contributed by atoms with van der Waals surface area (Å²) in [7, 11) is 2.94. The maximum atomic E-state index is 12.8. The molecule has 0 bridgehead atoms. The fraction of sp³-hybridized carbons (Fsp3) is 0.500. The number of hydrogen-bond donors (Lipinski definition) is 0. The molecule has 2 aromatic rings. The number of hydrogen-bond acceptors (Lipinski definition) is 6. The third-order valence-electron chi connectivity index (χ3n) is 6.34. The number of aromatic nitrogens is 1. The Morgan fingerprint density at radius 3 is 2.72 bits per heavy atom. The molecule has 0 N–H and O–H groups in total. The molecular weight excluding hydrogens is 432 g/mol. The Kier molecular flexibility index (Phi) is 6.23. The molecule has 1 atom stereocenters. The molecule has 2 aliphatic rings. The molecule has 0 saturated carbocycles. The summed E-state index contributed by atoms with van der Waals surface area (Å²) in [5.74, 6) is -0.00729. The van der Waals surface area contributed by atoms with E-state index in [1.54, 1.807) is 13.3 Å². The second-order valence-corrected chi connectivity index (χ2v) is 9.31. The average Bonchev–Trinajstić information content (AvgIpc) is 2.76. The van der Waals surface area contributed by atoms with Crippen molar-refractivity contribution in [2.75, 3.05) is 32.4 Å². The van der Waals surface area contributed by atoms with Crippen LogP contribution in [-0.2, 0) is 9.47 Å². The maximum absolute atomic E-state index is 12.8. The predicted molar refractivity (Wildman–Crippen MR) is 123 cm³/mol. The van der Waals surface area contributed by atoms with Crippen molar-refractivity contribution in [1.82, 2.24) is 4.68 Å². The van der Waals surface area contributed by atoms with Crippen LogP contribution in [0.5, 0.6) is 5.75 Å². The van der Waals surface area contributed by atoms with Crippen LogP contribution < -0.4 is 15.2 Å². The van der Waals surface area contributed by atoms with Gasteiger partial charge in [-0.05, 0) is 50.8 Å². The van der Waals surface area contributed by atoms with Gasteiger partial charge in [-0.2, -0.15) is 0 Å². The highest BCUT2D eigenvalue weighted by atomic mass is 35.5. The van der Waals surface area contributed by atoms with Crippen molar-refractivity contribution in [2.45, 2.75) is 51.1 Å². The minimum Gasteiger partial charge on any atom is -0.492 e. The van der Waals surface area contributed by atoms with E-state index in [4.69, 9.17) is 25.8 Å². The van der Waals surface area contributed by atoms with Crippen LogP contribution in [0.4, 0.5) is 0 Å². The highest BCUT2D eigenvalue weighted by Crippen LogP contribution is 2.48. The molecule has 4 rings (SSSR count). The molecule has 1 aromatic heterocycles. The van der Waals surface area contributed by atoms with Crippen LogP contribution >= 0.6 is 11.6 Å². The molecule has 32 heavy (non-hydrogen) atoms. The van der Waals surface area contributed by atoms with Gasteiger partial charge in [-0.1, -0.05) is 11.6 Å². The number of esters is 1. The summed E-state index contributed by atoms with van der Waals surface area (Å²) in [5, 5.41) is 2.75. The number of ether oxygens (including phenoxy) is 3. The van der Waals surface area contributed by atoms with E-state index in [0.717, 1.165) is 36.8 Å². The number of halogens is 1. The van der Waals surface area contributed by atoms with E-state index in [9.17, 15) is 9.59 Å². The van der Waals surface area contributed by atoms with Crippen molar-refractivity contribution in [2.24, 2.45) is 0 Å². The van der Waals surface area contributed by atoms with Crippen LogP contribution in [0.25, 0.3) is 11.3 Å². The van der Waals surface area contributed by atoms with Gasteiger partial charge in [0.15, 0.2) is 5.43 Å². The van der Waals surface area contributed by atoms with Gasteiger partial charge in [0.05, 0.1) is 36.0 Å². The number of methoxy groups -OCH3 is 2. The molecule has 0 aliphatic carbocycles. The third-order valence-corrected chi connectivity index (χ3v) is 6.64. The van der Waals surface area contributed by atoms with Gasteiger partial charge in [0, 0.05) is 38.0 Å². The fourth-order valence-corrected chi connectivity index (χ4v) is 5.06. The first-order valence-electron chi connectivity index (χ1n) is 10.9. The molecule has 8 heteroatoms.